The topological polar surface area (TPSA) is 46.6 Å². The molecule has 0 bridgehead atoms. The number of hydrogen-bond donors (Lipinski definition) is 0. The van der Waals surface area contributed by atoms with E-state index in [2.05, 4.69) is 15.9 Å². The Morgan fingerprint density at radius 1 is 0.939 bits per heavy atom. The van der Waals surface area contributed by atoms with E-state index < -0.39 is 11.1 Å². The van der Waals surface area contributed by atoms with Crippen molar-refractivity contribution >= 4 is 97.0 Å². The van der Waals surface area contributed by atoms with Crippen molar-refractivity contribution in [1.29, 1.82) is 0 Å². The third-order valence-electron chi connectivity index (χ3n) is 4.55. The average Bonchev–Trinajstić information content (AvgIpc) is 3.02. The van der Waals surface area contributed by atoms with Gasteiger partial charge in [0.05, 0.1) is 30.1 Å². The Labute approximate surface area is 222 Å². The summed E-state index contributed by atoms with van der Waals surface area (Å²) < 4.78 is 6.44. The monoisotopic (exact) mass is 601 g/mol. The van der Waals surface area contributed by atoms with Gasteiger partial charge in [0.1, 0.15) is 6.61 Å². The van der Waals surface area contributed by atoms with Crippen LogP contribution in [0.3, 0.4) is 0 Å². The van der Waals surface area contributed by atoms with Crippen molar-refractivity contribution in [1.82, 2.24) is 0 Å². The molecule has 4 nitrogen and oxygen atoms in total. The predicted molar refractivity (Wildman–Crippen MR) is 140 cm³/mol. The zero-order valence-electron chi connectivity index (χ0n) is 16.5. The Bertz CT molecular complexity index is 1290. The zero-order valence-corrected chi connectivity index (χ0v) is 21.9. The highest BCUT2D eigenvalue weighted by molar-refractivity contribution is 9.10. The third kappa shape index (κ3) is 5.53. The molecule has 1 fully saturated rings. The third-order valence-corrected chi connectivity index (χ3v) is 7.26. The van der Waals surface area contributed by atoms with Gasteiger partial charge in [-0.05, 0) is 87.4 Å². The first-order valence-corrected chi connectivity index (χ1v) is 12.4. The molecule has 4 rings (SSSR count). The molecule has 1 aliphatic heterocycles. The molecule has 3 aromatic rings. The second-order valence-electron chi connectivity index (χ2n) is 6.85. The molecule has 0 spiro atoms. The van der Waals surface area contributed by atoms with E-state index >= 15 is 0 Å². The molecular formula is C23H12BrCl4NO3S. The number of nitrogens with zero attached hydrogens (tertiary/aromatic N) is 1. The summed E-state index contributed by atoms with van der Waals surface area (Å²) in [6.45, 7) is 0.229. The number of hydrogen-bond acceptors (Lipinski definition) is 4. The van der Waals surface area contributed by atoms with Gasteiger partial charge in [-0.3, -0.25) is 9.59 Å². The Morgan fingerprint density at radius 3 is 2.42 bits per heavy atom. The molecule has 0 aromatic heterocycles. The van der Waals surface area contributed by atoms with Crippen molar-refractivity contribution in [2.45, 2.75) is 6.61 Å². The number of anilines is 1. The van der Waals surface area contributed by atoms with Crippen LogP contribution < -0.4 is 9.64 Å². The highest BCUT2D eigenvalue weighted by Gasteiger charge is 2.36. The van der Waals surface area contributed by atoms with Gasteiger partial charge < -0.3 is 4.74 Å². The molecule has 168 valence electrons. The molecule has 10 heteroatoms. The summed E-state index contributed by atoms with van der Waals surface area (Å²) in [6, 6.07) is 15.2. The normalized spacial score (nSPS) is 14.9. The first-order chi connectivity index (χ1) is 15.7. The lowest BCUT2D eigenvalue weighted by molar-refractivity contribution is -0.113. The van der Waals surface area contributed by atoms with E-state index in [1.54, 1.807) is 60.7 Å². The van der Waals surface area contributed by atoms with Crippen molar-refractivity contribution in [2.24, 2.45) is 0 Å². The minimum Gasteiger partial charge on any atom is -0.486 e. The number of imide groups is 1. The first-order valence-electron chi connectivity index (χ1n) is 9.32. The average molecular weight is 604 g/mol. The van der Waals surface area contributed by atoms with E-state index in [0.29, 0.717) is 41.6 Å². The summed E-state index contributed by atoms with van der Waals surface area (Å²) in [4.78, 5) is 26.7. The fourth-order valence-electron chi connectivity index (χ4n) is 3.04. The van der Waals surface area contributed by atoms with Gasteiger partial charge in [-0.1, -0.05) is 58.5 Å². The molecule has 0 atom stereocenters. The molecule has 1 heterocycles. The van der Waals surface area contributed by atoms with Crippen molar-refractivity contribution < 1.29 is 14.3 Å². The van der Waals surface area contributed by atoms with Crippen molar-refractivity contribution in [3.8, 4) is 5.75 Å². The first kappa shape index (κ1) is 24.5. The minimum absolute atomic E-state index is 0.229. The molecule has 0 N–H and O–H groups in total. The van der Waals surface area contributed by atoms with E-state index in [4.69, 9.17) is 51.1 Å². The smallest absolute Gasteiger partial charge is 0.298 e. The summed E-state index contributed by atoms with van der Waals surface area (Å²) in [7, 11) is 0. The van der Waals surface area contributed by atoms with Crippen LogP contribution >= 0.6 is 74.1 Å². The molecule has 0 radical (unpaired) electrons. The Balaban J connectivity index is 1.54. The molecule has 0 unspecified atom stereocenters. The summed E-state index contributed by atoms with van der Waals surface area (Å²) in [5, 5.41) is 1.27. The molecule has 1 saturated heterocycles. The fraction of sp³-hybridized carbons (Fsp3) is 0.0435. The number of halogens is 5. The molecule has 0 saturated carbocycles. The van der Waals surface area contributed by atoms with Crippen molar-refractivity contribution in [2.75, 3.05) is 4.90 Å². The molecule has 0 aliphatic carbocycles. The number of ether oxygens (including phenoxy) is 1. The summed E-state index contributed by atoms with van der Waals surface area (Å²) in [5.74, 6) is 0.00590. The van der Waals surface area contributed by atoms with Crippen LogP contribution in [0.1, 0.15) is 11.1 Å². The highest BCUT2D eigenvalue weighted by atomic mass is 79.9. The fourth-order valence-corrected chi connectivity index (χ4v) is 5.38. The maximum Gasteiger partial charge on any atom is 0.298 e. The summed E-state index contributed by atoms with van der Waals surface area (Å²) in [6.07, 6.45) is 1.61. The number of thioether (sulfide) groups is 1. The van der Waals surface area contributed by atoms with E-state index in [1.165, 1.54) is 0 Å². The molecular weight excluding hydrogens is 592 g/mol. The second kappa shape index (κ2) is 10.3. The Kier molecular flexibility index (Phi) is 7.63. The second-order valence-corrected chi connectivity index (χ2v) is 10.4. The largest absolute Gasteiger partial charge is 0.486 e. The van der Waals surface area contributed by atoms with Crippen LogP contribution in [0.5, 0.6) is 5.75 Å². The van der Waals surface area contributed by atoms with E-state index in [9.17, 15) is 9.59 Å². The van der Waals surface area contributed by atoms with Gasteiger partial charge in [0, 0.05) is 5.02 Å². The molecule has 3 aromatic carbocycles. The molecule has 33 heavy (non-hydrogen) atoms. The lowest BCUT2D eigenvalue weighted by atomic mass is 10.2. The lowest BCUT2D eigenvalue weighted by Crippen LogP contribution is -2.27. The standard InChI is InChI=1S/C23H12BrCl4NO3S/c24-16-6-13(8-19(28)21(16)32-11-12-4-5-17(26)18(27)7-12)9-20-22(30)29(23(31)33-20)15-3-1-2-14(25)10-15/h1-10H,11H2/b20-9+. The SMILES string of the molecule is O=C1S/C(=C/c2cc(Cl)c(OCc3ccc(Cl)c(Cl)c3)c(Br)c2)C(=O)N1c1cccc(Cl)c1. The number of carbonyl (C=O) groups excluding carboxylic acids is 2. The lowest BCUT2D eigenvalue weighted by Gasteiger charge is -2.13. The Morgan fingerprint density at radius 2 is 1.73 bits per heavy atom. The van der Waals surface area contributed by atoms with Crippen LogP contribution in [0.15, 0.2) is 64.0 Å². The number of rotatable bonds is 5. The van der Waals surface area contributed by atoms with Crippen LogP contribution in [0.4, 0.5) is 10.5 Å². The summed E-state index contributed by atoms with van der Waals surface area (Å²) in [5.41, 5.74) is 1.87. The van der Waals surface area contributed by atoms with Gasteiger partial charge >= 0.3 is 0 Å². The van der Waals surface area contributed by atoms with Crippen LogP contribution in [-0.2, 0) is 11.4 Å². The van der Waals surface area contributed by atoms with E-state index in [-0.39, 0.29) is 11.5 Å². The number of amides is 2. The van der Waals surface area contributed by atoms with Gasteiger partial charge in [-0.25, -0.2) is 4.90 Å². The van der Waals surface area contributed by atoms with Crippen molar-refractivity contribution in [3.05, 3.63) is 95.2 Å². The molecule has 2 amide bonds. The molecule has 1 aliphatic rings. The number of benzene rings is 3. The maximum atomic E-state index is 12.9. The summed E-state index contributed by atoms with van der Waals surface area (Å²) >= 11 is 28.7. The van der Waals surface area contributed by atoms with Gasteiger partial charge in [0.15, 0.2) is 5.75 Å². The van der Waals surface area contributed by atoms with Gasteiger partial charge in [0.25, 0.3) is 11.1 Å². The van der Waals surface area contributed by atoms with Gasteiger partial charge in [-0.15, -0.1) is 0 Å². The van der Waals surface area contributed by atoms with E-state index in [0.717, 1.165) is 22.2 Å². The van der Waals surface area contributed by atoms with Gasteiger partial charge in [0.2, 0.25) is 0 Å². The van der Waals surface area contributed by atoms with Crippen LogP contribution in [-0.4, -0.2) is 11.1 Å². The maximum absolute atomic E-state index is 12.9. The number of carbonyl (C=O) groups is 2. The quantitative estimate of drug-likeness (QED) is 0.273. The Hall–Kier alpha value is -1.67. The van der Waals surface area contributed by atoms with Gasteiger partial charge in [-0.2, -0.15) is 0 Å². The van der Waals surface area contributed by atoms with Crippen LogP contribution in [0.25, 0.3) is 6.08 Å². The predicted octanol–water partition coefficient (Wildman–Crippen LogP) is 8.88. The zero-order chi connectivity index (χ0) is 23.7. The van der Waals surface area contributed by atoms with Crippen LogP contribution in [0, 0.1) is 0 Å². The van der Waals surface area contributed by atoms with Crippen molar-refractivity contribution in [3.63, 3.8) is 0 Å². The minimum atomic E-state index is -0.431. The highest BCUT2D eigenvalue weighted by Crippen LogP contribution is 2.39. The van der Waals surface area contributed by atoms with E-state index in [1.807, 2.05) is 0 Å². The van der Waals surface area contributed by atoms with Crippen LogP contribution in [0.2, 0.25) is 20.1 Å².